The first-order valence-electron chi connectivity index (χ1n) is 9.24. The van der Waals surface area contributed by atoms with Crippen LogP contribution in [0.1, 0.15) is 42.8 Å². The van der Waals surface area contributed by atoms with Gasteiger partial charge in [0.15, 0.2) is 0 Å². The highest BCUT2D eigenvalue weighted by molar-refractivity contribution is 7.89. The third kappa shape index (κ3) is 4.94. The zero-order chi connectivity index (χ0) is 19.3. The highest BCUT2D eigenvalue weighted by atomic mass is 32.2. The van der Waals surface area contributed by atoms with Crippen LogP contribution in [-0.2, 0) is 14.8 Å². The Morgan fingerprint density at radius 3 is 2.81 bits per heavy atom. The van der Waals surface area contributed by atoms with Crippen LogP contribution >= 0.6 is 11.3 Å². The number of hydrogen-bond donors (Lipinski definition) is 1. The first-order valence-corrected chi connectivity index (χ1v) is 11.7. The molecule has 0 bridgehead atoms. The molecule has 1 aliphatic heterocycles. The van der Waals surface area contributed by atoms with Crippen molar-refractivity contribution < 1.29 is 13.2 Å². The maximum absolute atomic E-state index is 13.0. The number of nitrogens with zero attached hydrogens (tertiary/aromatic N) is 2. The number of aromatic nitrogens is 1. The summed E-state index contributed by atoms with van der Waals surface area (Å²) in [6.07, 6.45) is 3.70. The summed E-state index contributed by atoms with van der Waals surface area (Å²) in [7, 11) is -3.28. The number of thiazole rings is 1. The van der Waals surface area contributed by atoms with E-state index in [1.54, 1.807) is 6.20 Å². The van der Waals surface area contributed by atoms with Crippen molar-refractivity contribution in [2.75, 3.05) is 18.8 Å². The molecule has 146 valence electrons. The van der Waals surface area contributed by atoms with Crippen molar-refractivity contribution in [3.8, 4) is 0 Å². The molecule has 2 atom stereocenters. The van der Waals surface area contributed by atoms with Crippen LogP contribution < -0.4 is 5.32 Å². The monoisotopic (exact) mass is 407 g/mol. The van der Waals surface area contributed by atoms with E-state index in [1.165, 1.54) is 15.6 Å². The SMILES string of the molecule is CCCS(=O)(=O)N1CCCC(C(=O)NC(c2ccccc2)c2nccs2)C1. The van der Waals surface area contributed by atoms with Gasteiger partial charge in [0.2, 0.25) is 15.9 Å². The molecule has 3 rings (SSSR count). The number of sulfonamides is 1. The van der Waals surface area contributed by atoms with Gasteiger partial charge in [0, 0.05) is 24.7 Å². The summed E-state index contributed by atoms with van der Waals surface area (Å²) in [4.78, 5) is 17.3. The predicted octanol–water partition coefficient (Wildman–Crippen LogP) is 2.80. The molecule has 0 saturated carbocycles. The molecule has 0 spiro atoms. The van der Waals surface area contributed by atoms with Gasteiger partial charge in [-0.1, -0.05) is 37.3 Å². The van der Waals surface area contributed by atoms with E-state index in [-0.39, 0.29) is 30.2 Å². The summed E-state index contributed by atoms with van der Waals surface area (Å²) in [5, 5.41) is 5.80. The van der Waals surface area contributed by atoms with Crippen LogP contribution in [0, 0.1) is 5.92 Å². The predicted molar refractivity (Wildman–Crippen MR) is 107 cm³/mol. The minimum Gasteiger partial charge on any atom is -0.342 e. The van der Waals surface area contributed by atoms with Crippen molar-refractivity contribution >= 4 is 27.3 Å². The second-order valence-corrected chi connectivity index (χ2v) is 9.75. The van der Waals surface area contributed by atoms with Crippen molar-refractivity contribution in [1.82, 2.24) is 14.6 Å². The molecule has 1 fully saturated rings. The number of rotatable bonds is 7. The van der Waals surface area contributed by atoms with Crippen LogP contribution in [0.15, 0.2) is 41.9 Å². The van der Waals surface area contributed by atoms with Gasteiger partial charge in [0.1, 0.15) is 11.0 Å². The molecule has 1 aromatic heterocycles. The first kappa shape index (κ1) is 20.0. The zero-order valence-electron chi connectivity index (χ0n) is 15.4. The van der Waals surface area contributed by atoms with Crippen LogP contribution in [0.4, 0.5) is 0 Å². The van der Waals surface area contributed by atoms with Gasteiger partial charge < -0.3 is 5.32 Å². The van der Waals surface area contributed by atoms with Crippen molar-refractivity contribution in [3.05, 3.63) is 52.5 Å². The topological polar surface area (TPSA) is 79.4 Å². The molecule has 1 aromatic carbocycles. The minimum absolute atomic E-state index is 0.115. The van der Waals surface area contributed by atoms with E-state index >= 15 is 0 Å². The second-order valence-electron chi connectivity index (χ2n) is 6.74. The van der Waals surface area contributed by atoms with Gasteiger partial charge >= 0.3 is 0 Å². The van der Waals surface area contributed by atoms with Gasteiger partial charge in [-0.3, -0.25) is 4.79 Å². The van der Waals surface area contributed by atoms with Gasteiger partial charge in [0.05, 0.1) is 11.7 Å². The lowest BCUT2D eigenvalue weighted by Crippen LogP contribution is -2.46. The van der Waals surface area contributed by atoms with E-state index in [2.05, 4.69) is 10.3 Å². The van der Waals surface area contributed by atoms with E-state index in [0.717, 1.165) is 10.6 Å². The van der Waals surface area contributed by atoms with Gasteiger partial charge in [-0.15, -0.1) is 11.3 Å². The lowest BCUT2D eigenvalue weighted by molar-refractivity contribution is -0.126. The molecule has 0 aliphatic carbocycles. The van der Waals surface area contributed by atoms with Crippen LogP contribution in [0.3, 0.4) is 0 Å². The van der Waals surface area contributed by atoms with Gasteiger partial charge in [-0.25, -0.2) is 17.7 Å². The average molecular weight is 408 g/mol. The van der Waals surface area contributed by atoms with Gasteiger partial charge in [0.25, 0.3) is 0 Å². The Morgan fingerprint density at radius 1 is 1.37 bits per heavy atom. The van der Waals surface area contributed by atoms with Gasteiger partial charge in [-0.05, 0) is 24.8 Å². The number of nitrogens with one attached hydrogen (secondary N) is 1. The Morgan fingerprint density at radius 2 is 2.15 bits per heavy atom. The van der Waals surface area contributed by atoms with Gasteiger partial charge in [-0.2, -0.15) is 0 Å². The summed E-state index contributed by atoms with van der Waals surface area (Å²) in [6.45, 7) is 2.61. The Hall–Kier alpha value is -1.77. The fourth-order valence-electron chi connectivity index (χ4n) is 3.37. The van der Waals surface area contributed by atoms with E-state index in [4.69, 9.17) is 0 Å². The average Bonchev–Trinajstić information content (AvgIpc) is 3.21. The lowest BCUT2D eigenvalue weighted by atomic mass is 9.97. The number of hydrogen-bond acceptors (Lipinski definition) is 5. The summed E-state index contributed by atoms with van der Waals surface area (Å²) >= 11 is 1.49. The quantitative estimate of drug-likeness (QED) is 0.765. The molecule has 1 N–H and O–H groups in total. The fourth-order valence-corrected chi connectivity index (χ4v) is 5.67. The molecule has 0 radical (unpaired) electrons. The molecule has 1 saturated heterocycles. The van der Waals surface area contributed by atoms with Crippen LogP contribution in [-0.4, -0.2) is 42.5 Å². The maximum Gasteiger partial charge on any atom is 0.225 e. The Bertz CT molecular complexity index is 838. The fraction of sp³-hybridized carbons (Fsp3) is 0.474. The molecule has 8 heteroatoms. The van der Waals surface area contributed by atoms with E-state index < -0.39 is 10.0 Å². The molecule has 2 aromatic rings. The molecule has 2 heterocycles. The van der Waals surface area contributed by atoms with E-state index in [9.17, 15) is 13.2 Å². The van der Waals surface area contributed by atoms with E-state index in [0.29, 0.717) is 25.8 Å². The standard InChI is InChI=1S/C19H25N3O3S2/c1-2-13-27(24,25)22-11-6-9-16(14-22)18(23)21-17(19-20-10-12-26-19)15-7-4-3-5-8-15/h3-5,7-8,10,12,16-17H,2,6,9,11,13-14H2,1H3,(H,21,23). The van der Waals surface area contributed by atoms with Crippen molar-refractivity contribution in [3.63, 3.8) is 0 Å². The molecule has 1 amide bonds. The van der Waals surface area contributed by atoms with Crippen LogP contribution in [0.5, 0.6) is 0 Å². The minimum atomic E-state index is -3.28. The second kappa shape index (κ2) is 8.95. The van der Waals surface area contributed by atoms with Crippen LogP contribution in [0.2, 0.25) is 0 Å². The van der Waals surface area contributed by atoms with E-state index in [1.807, 2.05) is 42.6 Å². The highest BCUT2D eigenvalue weighted by Crippen LogP contribution is 2.26. The number of piperidine rings is 1. The highest BCUT2D eigenvalue weighted by Gasteiger charge is 2.33. The number of carbonyl (C=O) groups excluding carboxylic acids is 1. The molecular weight excluding hydrogens is 382 g/mol. The smallest absolute Gasteiger partial charge is 0.225 e. The number of carbonyl (C=O) groups is 1. The summed E-state index contributed by atoms with van der Waals surface area (Å²) in [6, 6.07) is 9.41. The lowest BCUT2D eigenvalue weighted by Gasteiger charge is -2.32. The molecule has 1 aliphatic rings. The maximum atomic E-state index is 13.0. The number of amides is 1. The summed E-state index contributed by atoms with van der Waals surface area (Å²) < 4.78 is 26.2. The third-order valence-corrected chi connectivity index (χ3v) is 7.61. The summed E-state index contributed by atoms with van der Waals surface area (Å²) in [5.74, 6) is -0.320. The molecule has 27 heavy (non-hydrogen) atoms. The van der Waals surface area contributed by atoms with Crippen molar-refractivity contribution in [1.29, 1.82) is 0 Å². The Balaban J connectivity index is 1.74. The molecule has 2 unspecified atom stereocenters. The number of benzene rings is 1. The third-order valence-electron chi connectivity index (χ3n) is 4.73. The molecule has 6 nitrogen and oxygen atoms in total. The zero-order valence-corrected chi connectivity index (χ0v) is 17.0. The molecular formula is C19H25N3O3S2. The Labute approximate surface area is 164 Å². The van der Waals surface area contributed by atoms with Crippen molar-refractivity contribution in [2.45, 2.75) is 32.2 Å². The van der Waals surface area contributed by atoms with Crippen LogP contribution in [0.25, 0.3) is 0 Å². The normalized spacial score (nSPS) is 19.5. The Kier molecular flexibility index (Phi) is 6.62. The largest absolute Gasteiger partial charge is 0.342 e. The first-order chi connectivity index (χ1) is 13.0. The van der Waals surface area contributed by atoms with Crippen molar-refractivity contribution in [2.24, 2.45) is 5.92 Å². The summed E-state index contributed by atoms with van der Waals surface area (Å²) in [5.41, 5.74) is 0.965.